The molecule has 0 unspecified atom stereocenters. The fourth-order valence-electron chi connectivity index (χ4n) is 3.00. The first-order chi connectivity index (χ1) is 10.6. The predicted molar refractivity (Wildman–Crippen MR) is 91.9 cm³/mol. The third kappa shape index (κ3) is 2.81. The van der Waals surface area contributed by atoms with E-state index in [0.29, 0.717) is 5.02 Å². The van der Waals surface area contributed by atoms with E-state index >= 15 is 0 Å². The molecule has 22 heavy (non-hydrogen) atoms. The summed E-state index contributed by atoms with van der Waals surface area (Å²) < 4.78 is 0. The Labute approximate surface area is 135 Å². The van der Waals surface area contributed by atoms with Crippen LogP contribution in [0.4, 0.5) is 11.4 Å². The van der Waals surface area contributed by atoms with Crippen molar-refractivity contribution < 1.29 is 4.79 Å². The number of nitrogens with zero attached hydrogens (tertiary/aromatic N) is 1. The molecule has 1 N–H and O–H groups in total. The van der Waals surface area contributed by atoms with E-state index in [0.717, 1.165) is 35.5 Å². The molecule has 1 amide bonds. The Bertz CT molecular complexity index is 704. The summed E-state index contributed by atoms with van der Waals surface area (Å²) in [5, 5.41) is 3.85. The maximum absolute atomic E-state index is 12.5. The van der Waals surface area contributed by atoms with E-state index in [1.54, 1.807) is 0 Å². The molecule has 0 saturated heterocycles. The van der Waals surface area contributed by atoms with Crippen LogP contribution in [-0.4, -0.2) is 19.0 Å². The largest absolute Gasteiger partial charge is 0.375 e. The fraction of sp³-hybridized carbons (Fsp3) is 0.278. The third-order valence-electron chi connectivity index (χ3n) is 4.04. The van der Waals surface area contributed by atoms with Crippen LogP contribution in [-0.2, 0) is 11.2 Å². The highest BCUT2D eigenvalue weighted by Crippen LogP contribution is 2.29. The van der Waals surface area contributed by atoms with E-state index in [1.807, 2.05) is 43.0 Å². The van der Waals surface area contributed by atoms with Gasteiger partial charge in [0.1, 0.15) is 0 Å². The Kier molecular flexibility index (Phi) is 4.08. The molecule has 3 rings (SSSR count). The van der Waals surface area contributed by atoms with Crippen molar-refractivity contribution in [3.05, 3.63) is 58.1 Å². The van der Waals surface area contributed by atoms with Gasteiger partial charge in [0.15, 0.2) is 0 Å². The van der Waals surface area contributed by atoms with Gasteiger partial charge in [0.2, 0.25) is 5.91 Å². The number of carbonyl (C=O) groups is 1. The Balaban J connectivity index is 1.72. The maximum Gasteiger partial charge on any atom is 0.246 e. The van der Waals surface area contributed by atoms with E-state index in [9.17, 15) is 4.79 Å². The molecule has 0 saturated carbocycles. The van der Waals surface area contributed by atoms with Crippen LogP contribution >= 0.6 is 11.6 Å². The topological polar surface area (TPSA) is 32.3 Å². The molecular weight excluding hydrogens is 296 g/mol. The Hall–Kier alpha value is -2.00. The van der Waals surface area contributed by atoms with Crippen LogP contribution < -0.4 is 10.2 Å². The van der Waals surface area contributed by atoms with Gasteiger partial charge in [-0.15, -0.1) is 0 Å². The summed E-state index contributed by atoms with van der Waals surface area (Å²) in [6, 6.07) is 12.0. The number of aryl methyl sites for hydroxylation is 2. The minimum absolute atomic E-state index is 0.0704. The zero-order chi connectivity index (χ0) is 15.7. The van der Waals surface area contributed by atoms with Crippen LogP contribution in [0.25, 0.3) is 0 Å². The molecular formula is C18H19ClN2O. The molecule has 114 valence electrons. The first-order valence-corrected chi connectivity index (χ1v) is 7.83. The number of halogens is 1. The van der Waals surface area contributed by atoms with Crippen molar-refractivity contribution in [1.82, 2.24) is 0 Å². The summed E-state index contributed by atoms with van der Waals surface area (Å²) in [6.07, 6.45) is 0.923. The van der Waals surface area contributed by atoms with Crippen molar-refractivity contribution in [3.8, 4) is 0 Å². The maximum atomic E-state index is 12.5. The molecule has 1 aliphatic heterocycles. The number of hydrogen-bond donors (Lipinski definition) is 1. The van der Waals surface area contributed by atoms with Gasteiger partial charge in [0.05, 0.1) is 17.3 Å². The molecule has 0 bridgehead atoms. The van der Waals surface area contributed by atoms with Gasteiger partial charge >= 0.3 is 0 Å². The van der Waals surface area contributed by atoms with Gasteiger partial charge in [-0.05, 0) is 49.1 Å². The van der Waals surface area contributed by atoms with Crippen LogP contribution in [0.2, 0.25) is 5.02 Å². The lowest BCUT2D eigenvalue weighted by atomic mass is 10.1. The molecule has 0 fully saturated rings. The SMILES string of the molecule is Cc1cc(C)c(NCC(=O)N2CCc3ccccc32)c(Cl)c1. The smallest absolute Gasteiger partial charge is 0.246 e. The number of fused-ring (bicyclic) bond motifs is 1. The van der Waals surface area contributed by atoms with Crippen LogP contribution in [0.15, 0.2) is 36.4 Å². The fourth-order valence-corrected chi connectivity index (χ4v) is 3.38. The molecule has 3 nitrogen and oxygen atoms in total. The Morgan fingerprint density at radius 1 is 1.27 bits per heavy atom. The van der Waals surface area contributed by atoms with Crippen molar-refractivity contribution in [2.75, 3.05) is 23.3 Å². The second-order valence-corrected chi connectivity index (χ2v) is 6.12. The van der Waals surface area contributed by atoms with E-state index in [2.05, 4.69) is 17.4 Å². The molecule has 0 spiro atoms. The van der Waals surface area contributed by atoms with Gasteiger partial charge in [-0.3, -0.25) is 4.79 Å². The van der Waals surface area contributed by atoms with Crippen LogP contribution in [0.5, 0.6) is 0 Å². The number of amides is 1. The van der Waals surface area contributed by atoms with E-state index in [1.165, 1.54) is 5.56 Å². The van der Waals surface area contributed by atoms with Crippen molar-refractivity contribution in [3.63, 3.8) is 0 Å². The third-order valence-corrected chi connectivity index (χ3v) is 4.33. The average Bonchev–Trinajstić information content (AvgIpc) is 2.90. The number of benzene rings is 2. The highest BCUT2D eigenvalue weighted by molar-refractivity contribution is 6.33. The van der Waals surface area contributed by atoms with Crippen molar-refractivity contribution >= 4 is 28.9 Å². The highest BCUT2D eigenvalue weighted by Gasteiger charge is 2.23. The monoisotopic (exact) mass is 314 g/mol. The number of carbonyl (C=O) groups excluding carboxylic acids is 1. The molecule has 4 heteroatoms. The summed E-state index contributed by atoms with van der Waals surface area (Å²) in [7, 11) is 0. The summed E-state index contributed by atoms with van der Waals surface area (Å²) in [6.45, 7) is 5.00. The van der Waals surface area contributed by atoms with Gasteiger partial charge in [-0.1, -0.05) is 35.9 Å². The first-order valence-electron chi connectivity index (χ1n) is 7.45. The number of para-hydroxylation sites is 1. The second kappa shape index (κ2) is 6.01. The highest BCUT2D eigenvalue weighted by atomic mass is 35.5. The van der Waals surface area contributed by atoms with Gasteiger partial charge in [-0.25, -0.2) is 0 Å². The molecule has 2 aromatic carbocycles. The number of hydrogen-bond acceptors (Lipinski definition) is 2. The Morgan fingerprint density at radius 3 is 2.82 bits per heavy atom. The lowest BCUT2D eigenvalue weighted by molar-refractivity contribution is -0.116. The zero-order valence-electron chi connectivity index (χ0n) is 12.8. The van der Waals surface area contributed by atoms with Crippen LogP contribution in [0, 0.1) is 13.8 Å². The van der Waals surface area contributed by atoms with Gasteiger partial charge < -0.3 is 10.2 Å². The first kappa shape index (κ1) is 14.9. The quantitative estimate of drug-likeness (QED) is 0.930. The zero-order valence-corrected chi connectivity index (χ0v) is 13.6. The minimum atomic E-state index is 0.0704. The second-order valence-electron chi connectivity index (χ2n) is 5.72. The van der Waals surface area contributed by atoms with Gasteiger partial charge in [0.25, 0.3) is 0 Å². The molecule has 1 aliphatic rings. The summed E-state index contributed by atoms with van der Waals surface area (Å²) in [5.74, 6) is 0.0704. The van der Waals surface area contributed by atoms with Crippen LogP contribution in [0.1, 0.15) is 16.7 Å². The van der Waals surface area contributed by atoms with Crippen molar-refractivity contribution in [1.29, 1.82) is 0 Å². The van der Waals surface area contributed by atoms with E-state index < -0.39 is 0 Å². The molecule has 0 aliphatic carbocycles. The van der Waals surface area contributed by atoms with E-state index in [4.69, 9.17) is 11.6 Å². The normalized spacial score (nSPS) is 13.1. The predicted octanol–water partition coefficient (Wildman–Crippen LogP) is 3.96. The lowest BCUT2D eigenvalue weighted by Crippen LogP contribution is -2.34. The molecule has 1 heterocycles. The number of rotatable bonds is 3. The standard InChI is InChI=1S/C18H19ClN2O/c1-12-9-13(2)18(15(19)10-12)20-11-17(22)21-8-7-14-5-3-4-6-16(14)21/h3-6,9-10,20H,7-8,11H2,1-2H3. The summed E-state index contributed by atoms with van der Waals surface area (Å²) >= 11 is 6.27. The van der Waals surface area contributed by atoms with Gasteiger partial charge in [-0.2, -0.15) is 0 Å². The molecule has 0 atom stereocenters. The average molecular weight is 315 g/mol. The summed E-state index contributed by atoms with van der Waals surface area (Å²) in [5.41, 5.74) is 5.28. The lowest BCUT2D eigenvalue weighted by Gasteiger charge is -2.19. The molecule has 0 aromatic heterocycles. The van der Waals surface area contributed by atoms with Crippen molar-refractivity contribution in [2.45, 2.75) is 20.3 Å². The Morgan fingerprint density at radius 2 is 2.05 bits per heavy atom. The van der Waals surface area contributed by atoms with E-state index in [-0.39, 0.29) is 12.5 Å². The van der Waals surface area contributed by atoms with Crippen molar-refractivity contribution in [2.24, 2.45) is 0 Å². The molecule has 2 aromatic rings. The molecule has 0 radical (unpaired) electrons. The number of anilines is 2. The minimum Gasteiger partial charge on any atom is -0.375 e. The van der Waals surface area contributed by atoms with Gasteiger partial charge in [0, 0.05) is 12.2 Å². The summed E-state index contributed by atoms with van der Waals surface area (Å²) in [4.78, 5) is 14.3. The number of nitrogens with one attached hydrogen (secondary N) is 1. The van der Waals surface area contributed by atoms with Crippen LogP contribution in [0.3, 0.4) is 0 Å².